The van der Waals surface area contributed by atoms with Crippen molar-refractivity contribution in [2.24, 2.45) is 5.92 Å². The molecule has 0 aromatic carbocycles. The summed E-state index contributed by atoms with van der Waals surface area (Å²) < 4.78 is 4.42. The van der Waals surface area contributed by atoms with Crippen LogP contribution in [0, 0.1) is 5.92 Å². The average Bonchev–Trinajstić information content (AvgIpc) is 2.13. The lowest BCUT2D eigenvalue weighted by Gasteiger charge is -2.13. The number of esters is 1. The Morgan fingerprint density at radius 2 is 1.93 bits per heavy atom. The number of amides is 1. The third-order valence-electron chi connectivity index (χ3n) is 1.79. The SMILES string of the molecule is COC(=O)C[C@@H](CNC(C)=O)CC(=O)O. The molecular formula is C9H15NO5. The third kappa shape index (κ3) is 7.48. The number of carboxylic acids is 1. The van der Waals surface area contributed by atoms with Crippen molar-refractivity contribution in [3.8, 4) is 0 Å². The summed E-state index contributed by atoms with van der Waals surface area (Å²) in [5.74, 6) is -2.17. The Bertz CT molecular complexity index is 251. The van der Waals surface area contributed by atoms with Crippen LogP contribution in [0.25, 0.3) is 0 Å². The van der Waals surface area contributed by atoms with Crippen LogP contribution in [0.1, 0.15) is 19.8 Å². The van der Waals surface area contributed by atoms with Crippen LogP contribution in [-0.4, -0.2) is 36.6 Å². The number of rotatable bonds is 6. The van der Waals surface area contributed by atoms with Gasteiger partial charge in [0, 0.05) is 13.5 Å². The molecule has 0 bridgehead atoms. The summed E-state index contributed by atoms with van der Waals surface area (Å²) in [5.41, 5.74) is 0. The molecule has 1 atom stereocenters. The first-order chi connectivity index (χ1) is 6.95. The lowest BCUT2D eigenvalue weighted by molar-refractivity contribution is -0.143. The Morgan fingerprint density at radius 1 is 1.33 bits per heavy atom. The summed E-state index contributed by atoms with van der Waals surface area (Å²) in [6.07, 6.45) is -0.182. The highest BCUT2D eigenvalue weighted by atomic mass is 16.5. The molecule has 15 heavy (non-hydrogen) atoms. The number of carboxylic acid groups (broad SMARTS) is 1. The third-order valence-corrected chi connectivity index (χ3v) is 1.79. The predicted molar refractivity (Wildman–Crippen MR) is 51.1 cm³/mol. The molecule has 0 saturated heterocycles. The maximum atomic E-state index is 10.9. The number of aliphatic carboxylic acids is 1. The highest BCUT2D eigenvalue weighted by molar-refractivity contribution is 5.74. The van der Waals surface area contributed by atoms with Crippen LogP contribution < -0.4 is 5.32 Å². The molecule has 0 aliphatic heterocycles. The van der Waals surface area contributed by atoms with E-state index in [1.807, 2.05) is 0 Å². The van der Waals surface area contributed by atoms with Gasteiger partial charge in [-0.2, -0.15) is 0 Å². The molecule has 0 radical (unpaired) electrons. The highest BCUT2D eigenvalue weighted by Crippen LogP contribution is 2.08. The van der Waals surface area contributed by atoms with Gasteiger partial charge in [-0.05, 0) is 5.92 Å². The van der Waals surface area contributed by atoms with Crippen molar-refractivity contribution in [2.75, 3.05) is 13.7 Å². The molecule has 0 unspecified atom stereocenters. The molecule has 0 rings (SSSR count). The Morgan fingerprint density at radius 3 is 2.33 bits per heavy atom. The van der Waals surface area contributed by atoms with Crippen molar-refractivity contribution in [2.45, 2.75) is 19.8 Å². The van der Waals surface area contributed by atoms with Gasteiger partial charge in [-0.1, -0.05) is 0 Å². The van der Waals surface area contributed by atoms with Crippen LogP contribution in [0.5, 0.6) is 0 Å². The number of carbonyl (C=O) groups excluding carboxylic acids is 2. The lowest BCUT2D eigenvalue weighted by Crippen LogP contribution is -2.30. The fourth-order valence-corrected chi connectivity index (χ4v) is 1.07. The molecule has 2 N–H and O–H groups in total. The van der Waals surface area contributed by atoms with E-state index in [-0.39, 0.29) is 25.3 Å². The monoisotopic (exact) mass is 217 g/mol. The molecule has 6 nitrogen and oxygen atoms in total. The van der Waals surface area contributed by atoms with Gasteiger partial charge in [0.1, 0.15) is 0 Å². The molecule has 0 aliphatic carbocycles. The van der Waals surface area contributed by atoms with Gasteiger partial charge >= 0.3 is 11.9 Å². The second-order valence-corrected chi connectivity index (χ2v) is 3.18. The van der Waals surface area contributed by atoms with Crippen LogP contribution in [-0.2, 0) is 19.1 Å². The van der Waals surface area contributed by atoms with E-state index in [9.17, 15) is 14.4 Å². The number of nitrogens with one attached hydrogen (secondary N) is 1. The first-order valence-corrected chi connectivity index (χ1v) is 4.48. The maximum absolute atomic E-state index is 10.9. The van der Waals surface area contributed by atoms with E-state index < -0.39 is 17.9 Å². The van der Waals surface area contributed by atoms with Crippen molar-refractivity contribution in [1.82, 2.24) is 5.32 Å². The second-order valence-electron chi connectivity index (χ2n) is 3.18. The van der Waals surface area contributed by atoms with Crippen molar-refractivity contribution < 1.29 is 24.2 Å². The van der Waals surface area contributed by atoms with Gasteiger partial charge in [0.2, 0.25) is 5.91 Å². The summed E-state index contributed by atoms with van der Waals surface area (Å²) in [5, 5.41) is 11.0. The minimum Gasteiger partial charge on any atom is -0.481 e. The Balaban J connectivity index is 4.11. The second kappa shape index (κ2) is 6.80. The van der Waals surface area contributed by atoms with Gasteiger partial charge < -0.3 is 15.2 Å². The van der Waals surface area contributed by atoms with Crippen LogP contribution >= 0.6 is 0 Å². The number of hydrogen-bond acceptors (Lipinski definition) is 4. The zero-order valence-corrected chi connectivity index (χ0v) is 8.78. The zero-order chi connectivity index (χ0) is 11.8. The smallest absolute Gasteiger partial charge is 0.305 e. The number of methoxy groups -OCH3 is 1. The van der Waals surface area contributed by atoms with Crippen molar-refractivity contribution >= 4 is 17.8 Å². The summed E-state index contributed by atoms with van der Waals surface area (Å²) in [6.45, 7) is 1.49. The summed E-state index contributed by atoms with van der Waals surface area (Å²) in [4.78, 5) is 32.0. The highest BCUT2D eigenvalue weighted by Gasteiger charge is 2.17. The molecular weight excluding hydrogens is 202 g/mol. The van der Waals surface area contributed by atoms with E-state index in [1.54, 1.807) is 0 Å². The standard InChI is InChI=1S/C9H15NO5/c1-6(11)10-5-7(3-8(12)13)4-9(14)15-2/h7H,3-5H2,1-2H3,(H,10,11)(H,12,13)/t7-/m0/s1. The van der Waals surface area contributed by atoms with Gasteiger partial charge in [-0.25, -0.2) is 0 Å². The van der Waals surface area contributed by atoms with E-state index in [0.29, 0.717) is 0 Å². The Hall–Kier alpha value is -1.59. The molecule has 0 aliphatic rings. The molecule has 0 spiro atoms. The quantitative estimate of drug-likeness (QED) is 0.600. The maximum Gasteiger partial charge on any atom is 0.305 e. The lowest BCUT2D eigenvalue weighted by atomic mass is 10.0. The molecule has 0 heterocycles. The Labute approximate surface area is 87.6 Å². The fourth-order valence-electron chi connectivity index (χ4n) is 1.07. The van der Waals surface area contributed by atoms with Crippen molar-refractivity contribution in [3.05, 3.63) is 0 Å². The molecule has 1 amide bonds. The molecule has 0 aromatic heterocycles. The van der Waals surface area contributed by atoms with Gasteiger partial charge in [0.15, 0.2) is 0 Å². The van der Waals surface area contributed by atoms with Crippen LogP contribution in [0.2, 0.25) is 0 Å². The van der Waals surface area contributed by atoms with E-state index in [2.05, 4.69) is 10.1 Å². The van der Waals surface area contributed by atoms with Crippen molar-refractivity contribution in [1.29, 1.82) is 0 Å². The normalized spacial score (nSPS) is 11.6. The van der Waals surface area contributed by atoms with Crippen LogP contribution in [0.3, 0.4) is 0 Å². The first-order valence-electron chi connectivity index (χ1n) is 4.48. The van der Waals surface area contributed by atoms with Gasteiger partial charge in [0.05, 0.1) is 20.0 Å². The van der Waals surface area contributed by atoms with E-state index in [1.165, 1.54) is 14.0 Å². The first kappa shape index (κ1) is 13.4. The topological polar surface area (TPSA) is 92.7 Å². The van der Waals surface area contributed by atoms with E-state index >= 15 is 0 Å². The predicted octanol–water partition coefficient (Wildman–Crippen LogP) is -0.223. The minimum atomic E-state index is -1.01. The molecule has 0 aromatic rings. The van der Waals surface area contributed by atoms with E-state index in [4.69, 9.17) is 5.11 Å². The Kier molecular flexibility index (Phi) is 6.08. The van der Waals surface area contributed by atoms with Gasteiger partial charge in [-0.3, -0.25) is 14.4 Å². The summed E-state index contributed by atoms with van der Waals surface area (Å²) in [6, 6.07) is 0. The summed E-state index contributed by atoms with van der Waals surface area (Å²) in [7, 11) is 1.23. The summed E-state index contributed by atoms with van der Waals surface area (Å²) >= 11 is 0. The minimum absolute atomic E-state index is 0.0108. The zero-order valence-electron chi connectivity index (χ0n) is 8.78. The fraction of sp³-hybridized carbons (Fsp3) is 0.667. The van der Waals surface area contributed by atoms with Gasteiger partial charge in [0.25, 0.3) is 0 Å². The van der Waals surface area contributed by atoms with Crippen LogP contribution in [0.4, 0.5) is 0 Å². The molecule has 0 fully saturated rings. The number of hydrogen-bond donors (Lipinski definition) is 2. The number of carbonyl (C=O) groups is 3. The number of ether oxygens (including phenoxy) is 1. The van der Waals surface area contributed by atoms with E-state index in [0.717, 1.165) is 0 Å². The van der Waals surface area contributed by atoms with Crippen molar-refractivity contribution in [3.63, 3.8) is 0 Å². The molecule has 86 valence electrons. The van der Waals surface area contributed by atoms with Crippen LogP contribution in [0.15, 0.2) is 0 Å². The molecule has 0 saturated carbocycles. The van der Waals surface area contributed by atoms with Gasteiger partial charge in [-0.15, -0.1) is 0 Å². The average molecular weight is 217 g/mol. The largest absolute Gasteiger partial charge is 0.481 e. The molecule has 6 heteroatoms.